The van der Waals surface area contributed by atoms with E-state index >= 15 is 0 Å². The number of hydrogen-bond donors (Lipinski definition) is 0. The predicted molar refractivity (Wildman–Crippen MR) is 157 cm³/mol. The van der Waals surface area contributed by atoms with Crippen LogP contribution < -0.4 is 37.3 Å². The van der Waals surface area contributed by atoms with Gasteiger partial charge in [0.25, 0.3) is 0 Å². The van der Waals surface area contributed by atoms with E-state index in [1.54, 1.807) is 66.1 Å². The topological polar surface area (TPSA) is 446 Å². The van der Waals surface area contributed by atoms with E-state index in [1.165, 1.54) is 77.0 Å². The molecule has 0 N–H and O–H groups in total. The van der Waals surface area contributed by atoms with Crippen molar-refractivity contribution in [2.24, 2.45) is 0 Å². The Morgan fingerprint density at radius 2 is 0.407 bits per heavy atom. The Morgan fingerprint density at radius 1 is 0.288 bits per heavy atom. The largest absolute Gasteiger partial charge is 2.00 e. The zero-order valence-electron chi connectivity index (χ0n) is 30.5. The van der Waals surface area contributed by atoms with Gasteiger partial charge >= 0.3 is 17.1 Å². The number of rotatable bonds is 6. The van der Waals surface area contributed by atoms with Gasteiger partial charge in [-0.3, -0.25) is 0 Å². The van der Waals surface area contributed by atoms with Crippen molar-refractivity contribution in [2.45, 2.75) is 113 Å². The van der Waals surface area contributed by atoms with Gasteiger partial charge < -0.3 is 0 Å². The van der Waals surface area contributed by atoms with Crippen LogP contribution in [0.1, 0.15) is 113 Å². The molecule has 6 fully saturated rings. The van der Waals surface area contributed by atoms with Crippen LogP contribution in [0.3, 0.4) is 0 Å². The summed E-state index contributed by atoms with van der Waals surface area (Å²) in [5, 5.41) is 64.6. The maximum Gasteiger partial charge on any atom is 2.00 e. The zero-order chi connectivity index (χ0) is 41.4. The summed E-state index contributed by atoms with van der Waals surface area (Å²) in [6.45, 7) is 0. The molecule has 321 valence electrons. The molecule has 0 atom stereocenters. The first-order valence-corrected chi connectivity index (χ1v) is 19.8. The summed E-state index contributed by atoms with van der Waals surface area (Å²) in [6, 6.07) is 3.69. The third kappa shape index (κ3) is 22.2. The minimum absolute atomic E-state index is 0. The maximum absolute atomic E-state index is 8.49. The molecule has 0 amide bonds. The second-order valence-electron chi connectivity index (χ2n) is 12.9. The van der Waals surface area contributed by atoms with E-state index in [-0.39, 0.29) is 17.1 Å². The van der Waals surface area contributed by atoms with Crippen molar-refractivity contribution in [3.8, 4) is 0 Å². The van der Waals surface area contributed by atoms with E-state index in [0.29, 0.717) is 36.3 Å². The molecule has 35 heteroatoms. The summed E-state index contributed by atoms with van der Waals surface area (Å²) < 4.78 is 78.8. The van der Waals surface area contributed by atoms with Crippen molar-refractivity contribution in [1.82, 2.24) is 121 Å². The Bertz CT molecular complexity index is 1530. The van der Waals surface area contributed by atoms with Gasteiger partial charge in [-0.2, -0.15) is 0 Å². The van der Waals surface area contributed by atoms with Crippen LogP contribution in [0.15, 0.2) is 38.0 Å². The molecule has 6 saturated carbocycles. The molecule has 0 aliphatic heterocycles. The van der Waals surface area contributed by atoms with Gasteiger partial charge in [-0.25, -0.2) is 65.4 Å². The van der Waals surface area contributed by atoms with Gasteiger partial charge in [-0.05, 0) is 140 Å². The van der Waals surface area contributed by atoms with Crippen molar-refractivity contribution in [1.29, 1.82) is 0 Å². The Hall–Kier alpha value is -4.80. The first-order chi connectivity index (χ1) is 27.8. The molecule has 1 radical (unpaired) electrons. The minimum Gasteiger partial charge on any atom is -0.229 e. The standard InChI is InChI=1S/6C4H6N4.2ClHO4.Mn/c6*1-2-4(1)8-3-5-6-7-8;2*2-1(3,4)5;/h6*3-4H,1-2H2;2*(H,2,3,4,5);/q;;;;;;;;+2/p-2. The van der Waals surface area contributed by atoms with Gasteiger partial charge in [0, 0.05) is 0 Å². The average molecular weight is 915 g/mol. The maximum atomic E-state index is 8.49. The van der Waals surface area contributed by atoms with Crippen LogP contribution in [0.25, 0.3) is 0 Å². The second kappa shape index (κ2) is 23.1. The van der Waals surface area contributed by atoms with E-state index in [4.69, 9.17) is 37.3 Å². The quantitative estimate of drug-likeness (QED) is 0.140. The first kappa shape index (κ1) is 46.9. The molecule has 0 bridgehead atoms. The smallest absolute Gasteiger partial charge is 0.229 e. The third-order valence-corrected chi connectivity index (χ3v) is 7.72. The molecular formula is C24H36Cl2MnN24O8. The Balaban J connectivity index is 0.000000150. The van der Waals surface area contributed by atoms with E-state index < -0.39 is 20.5 Å². The Labute approximate surface area is 346 Å². The normalized spacial score (nSPS) is 17.5. The van der Waals surface area contributed by atoms with Crippen LogP contribution in [0.5, 0.6) is 0 Å². The molecule has 32 nitrogen and oxygen atoms in total. The summed E-state index contributed by atoms with van der Waals surface area (Å²) >= 11 is 0. The van der Waals surface area contributed by atoms with Crippen LogP contribution in [-0.2, 0) is 17.1 Å². The van der Waals surface area contributed by atoms with Crippen LogP contribution in [-0.4, -0.2) is 121 Å². The molecule has 0 unspecified atom stereocenters. The summed E-state index contributed by atoms with van der Waals surface area (Å²) in [7, 11) is -9.89. The van der Waals surface area contributed by atoms with E-state index in [1.807, 2.05) is 0 Å². The molecule has 0 spiro atoms. The molecule has 6 aromatic rings. The van der Waals surface area contributed by atoms with Gasteiger partial charge in [0.2, 0.25) is 0 Å². The van der Waals surface area contributed by atoms with Gasteiger partial charge in [0.1, 0.15) is 38.0 Å². The average Bonchev–Trinajstić information content (AvgIpc) is 3.81. The monoisotopic (exact) mass is 913 g/mol. The molecule has 6 heterocycles. The van der Waals surface area contributed by atoms with Crippen LogP contribution in [0.2, 0.25) is 0 Å². The number of tetrazole rings is 6. The molecule has 0 saturated heterocycles. The molecule has 59 heavy (non-hydrogen) atoms. The summed E-state index contributed by atoms with van der Waals surface area (Å²) in [5.74, 6) is 0. The van der Waals surface area contributed by atoms with Crippen molar-refractivity contribution >= 4 is 0 Å². The SMILES string of the molecule is [Mn+2].[O-][Cl+3]([O-])([O-])[O-].[O-][Cl+3]([O-])([O-])[O-].c1nnnn1C1CC1.c1nnnn1C1CC1.c1nnnn1C1CC1.c1nnnn1C1CC1.c1nnnn1C1CC1.c1nnnn1C1CC1. The predicted octanol–water partition coefficient (Wildman–Crippen LogP) is -9.47. The molecule has 6 aliphatic carbocycles. The Morgan fingerprint density at radius 3 is 0.475 bits per heavy atom. The number of nitrogens with zero attached hydrogens (tertiary/aromatic N) is 24. The zero-order valence-corrected chi connectivity index (χ0v) is 33.2. The molecule has 12 rings (SSSR count). The number of hydrogen-bond acceptors (Lipinski definition) is 26. The molecule has 0 aromatic carbocycles. The molecular weight excluding hydrogens is 878 g/mol. The first-order valence-electron chi connectivity index (χ1n) is 17.4. The van der Waals surface area contributed by atoms with Crippen LogP contribution >= 0.6 is 0 Å². The molecule has 6 aliphatic rings. The third-order valence-electron chi connectivity index (χ3n) is 7.72. The van der Waals surface area contributed by atoms with E-state index in [9.17, 15) is 0 Å². The van der Waals surface area contributed by atoms with Gasteiger partial charge in [0.05, 0.1) is 36.3 Å². The fourth-order valence-electron chi connectivity index (χ4n) is 4.05. The number of halogens is 2. The minimum atomic E-state index is -4.94. The fourth-order valence-corrected chi connectivity index (χ4v) is 4.05. The van der Waals surface area contributed by atoms with Crippen LogP contribution in [0.4, 0.5) is 0 Å². The van der Waals surface area contributed by atoms with Crippen LogP contribution in [0, 0.1) is 20.5 Å². The van der Waals surface area contributed by atoms with Crippen molar-refractivity contribution < 1.29 is 74.8 Å². The van der Waals surface area contributed by atoms with Crippen molar-refractivity contribution in [2.75, 3.05) is 0 Å². The van der Waals surface area contributed by atoms with Gasteiger partial charge in [-0.15, -0.1) is 51.1 Å². The number of aromatic nitrogens is 24. The Kier molecular flexibility index (Phi) is 18.4. The molecule has 6 aromatic heterocycles. The van der Waals surface area contributed by atoms with Gasteiger partial charge in [0.15, 0.2) is 0 Å². The van der Waals surface area contributed by atoms with Gasteiger partial charge in [-0.1, -0.05) is 0 Å². The second-order valence-corrected chi connectivity index (χ2v) is 14.4. The van der Waals surface area contributed by atoms with Crippen molar-refractivity contribution in [3.05, 3.63) is 38.0 Å². The summed E-state index contributed by atoms with van der Waals surface area (Å²) in [5.41, 5.74) is 0. The summed E-state index contributed by atoms with van der Waals surface area (Å²) in [4.78, 5) is 0. The van der Waals surface area contributed by atoms with E-state index in [0.717, 1.165) is 0 Å². The summed E-state index contributed by atoms with van der Waals surface area (Å²) in [6.07, 6.45) is 24.9. The van der Waals surface area contributed by atoms with E-state index in [2.05, 4.69) is 93.2 Å². The fraction of sp³-hybridized carbons (Fsp3) is 0.750. The van der Waals surface area contributed by atoms with Crippen molar-refractivity contribution in [3.63, 3.8) is 0 Å².